The van der Waals surface area contributed by atoms with Gasteiger partial charge >= 0.3 is 0 Å². The number of nitrogens with zero attached hydrogens (tertiary/aromatic N) is 2. The van der Waals surface area contributed by atoms with Crippen molar-refractivity contribution in [2.45, 2.75) is 78.8 Å². The molecule has 0 bridgehead atoms. The molecule has 1 aromatic rings. The summed E-state index contributed by atoms with van der Waals surface area (Å²) in [5.41, 5.74) is 9.50. The Morgan fingerprint density at radius 1 is 1.33 bits per heavy atom. The first-order valence-electron chi connectivity index (χ1n) is 8.22. The van der Waals surface area contributed by atoms with Gasteiger partial charge in [0.1, 0.15) is 0 Å². The van der Waals surface area contributed by atoms with Crippen LogP contribution < -0.4 is 5.73 Å². The summed E-state index contributed by atoms with van der Waals surface area (Å²) in [5, 5.41) is 4.71. The van der Waals surface area contributed by atoms with Crippen LogP contribution in [0.4, 0.5) is 0 Å². The molecular weight excluding hydrogens is 326 g/mol. The van der Waals surface area contributed by atoms with Gasteiger partial charge in [-0.15, -0.1) is 0 Å². The van der Waals surface area contributed by atoms with Crippen molar-refractivity contribution in [3.8, 4) is 0 Å². The summed E-state index contributed by atoms with van der Waals surface area (Å²) in [6, 6.07) is 0. The molecular formula is C17H30BrN3. The highest BCUT2D eigenvalue weighted by molar-refractivity contribution is 9.10. The van der Waals surface area contributed by atoms with Crippen LogP contribution >= 0.6 is 15.9 Å². The zero-order chi connectivity index (χ0) is 15.8. The Kier molecular flexibility index (Phi) is 4.89. The van der Waals surface area contributed by atoms with Crippen molar-refractivity contribution in [3.05, 3.63) is 15.9 Å². The van der Waals surface area contributed by atoms with E-state index in [1.807, 2.05) is 0 Å². The quantitative estimate of drug-likeness (QED) is 0.873. The van der Waals surface area contributed by atoms with Gasteiger partial charge in [0.25, 0.3) is 0 Å². The van der Waals surface area contributed by atoms with E-state index < -0.39 is 0 Å². The largest absolute Gasteiger partial charge is 0.325 e. The molecule has 2 atom stereocenters. The Bertz CT molecular complexity index is 506. The van der Waals surface area contributed by atoms with E-state index in [1.165, 1.54) is 16.6 Å². The first-order chi connectivity index (χ1) is 9.69. The minimum atomic E-state index is -0.109. The standard InChI is InChI=1S/C17H30BrN3/c1-6-13-15(18)14(21(7-2)20-13)10-17(19)9-12(3)8-16(4,5)11-17/h12H,6-11,19H2,1-5H3. The van der Waals surface area contributed by atoms with Crippen LogP contribution in [0.5, 0.6) is 0 Å². The number of hydrogen-bond acceptors (Lipinski definition) is 2. The van der Waals surface area contributed by atoms with E-state index in [2.05, 4.69) is 55.2 Å². The van der Waals surface area contributed by atoms with Gasteiger partial charge in [0, 0.05) is 18.5 Å². The maximum absolute atomic E-state index is 6.84. The zero-order valence-electron chi connectivity index (χ0n) is 14.2. The molecule has 1 aliphatic rings. The van der Waals surface area contributed by atoms with Crippen LogP contribution in [0.3, 0.4) is 0 Å². The van der Waals surface area contributed by atoms with E-state index in [4.69, 9.17) is 10.8 Å². The third kappa shape index (κ3) is 3.70. The lowest BCUT2D eigenvalue weighted by Gasteiger charge is -2.45. The third-order valence-corrected chi connectivity index (χ3v) is 5.62. The minimum absolute atomic E-state index is 0.109. The van der Waals surface area contributed by atoms with E-state index in [0.29, 0.717) is 11.3 Å². The van der Waals surface area contributed by atoms with Crippen LogP contribution in [0.25, 0.3) is 0 Å². The second-order valence-electron chi connectivity index (χ2n) is 7.77. The van der Waals surface area contributed by atoms with Gasteiger partial charge in [0.15, 0.2) is 0 Å². The molecule has 0 aliphatic heterocycles. The van der Waals surface area contributed by atoms with E-state index in [0.717, 1.165) is 37.9 Å². The van der Waals surface area contributed by atoms with Crippen LogP contribution in [0.15, 0.2) is 4.47 Å². The molecule has 0 radical (unpaired) electrons. The summed E-state index contributed by atoms with van der Waals surface area (Å²) in [6.45, 7) is 12.3. The molecule has 120 valence electrons. The molecule has 0 aromatic carbocycles. The van der Waals surface area contributed by atoms with Crippen LogP contribution in [-0.2, 0) is 19.4 Å². The molecule has 1 aliphatic carbocycles. The Labute approximate surface area is 137 Å². The van der Waals surface area contributed by atoms with Crippen molar-refractivity contribution >= 4 is 15.9 Å². The number of nitrogens with two attached hydrogens (primary N) is 1. The molecule has 0 spiro atoms. The average molecular weight is 356 g/mol. The van der Waals surface area contributed by atoms with Crippen LogP contribution in [0.2, 0.25) is 0 Å². The summed E-state index contributed by atoms with van der Waals surface area (Å²) in [7, 11) is 0. The van der Waals surface area contributed by atoms with Crippen LogP contribution in [0, 0.1) is 11.3 Å². The lowest BCUT2D eigenvalue weighted by Crippen LogP contribution is -2.51. The van der Waals surface area contributed by atoms with Crippen LogP contribution in [0.1, 0.15) is 65.3 Å². The van der Waals surface area contributed by atoms with Gasteiger partial charge in [-0.3, -0.25) is 4.68 Å². The van der Waals surface area contributed by atoms with Gasteiger partial charge in [-0.2, -0.15) is 5.10 Å². The third-order valence-electron chi connectivity index (χ3n) is 4.70. The Morgan fingerprint density at radius 2 is 2.00 bits per heavy atom. The lowest BCUT2D eigenvalue weighted by molar-refractivity contribution is 0.106. The van der Waals surface area contributed by atoms with E-state index >= 15 is 0 Å². The second kappa shape index (κ2) is 6.04. The fourth-order valence-corrected chi connectivity index (χ4v) is 5.17. The van der Waals surface area contributed by atoms with Gasteiger partial charge < -0.3 is 5.73 Å². The highest BCUT2D eigenvalue weighted by atomic mass is 79.9. The maximum atomic E-state index is 6.84. The minimum Gasteiger partial charge on any atom is -0.325 e. The molecule has 2 unspecified atom stereocenters. The monoisotopic (exact) mass is 355 g/mol. The van der Waals surface area contributed by atoms with Gasteiger partial charge in [0.2, 0.25) is 0 Å². The molecule has 4 heteroatoms. The van der Waals surface area contributed by atoms with Gasteiger partial charge in [0.05, 0.1) is 15.9 Å². The molecule has 1 fully saturated rings. The van der Waals surface area contributed by atoms with Crippen molar-refractivity contribution in [2.24, 2.45) is 17.1 Å². The number of halogens is 1. The van der Waals surface area contributed by atoms with Crippen LogP contribution in [-0.4, -0.2) is 15.3 Å². The summed E-state index contributed by atoms with van der Waals surface area (Å²) in [5.74, 6) is 0.696. The second-order valence-corrected chi connectivity index (χ2v) is 8.56. The van der Waals surface area contributed by atoms with Crippen molar-refractivity contribution in [3.63, 3.8) is 0 Å². The number of rotatable bonds is 4. The van der Waals surface area contributed by atoms with Gasteiger partial charge in [-0.1, -0.05) is 27.7 Å². The first kappa shape index (κ1) is 17.0. The fraction of sp³-hybridized carbons (Fsp3) is 0.824. The predicted octanol–water partition coefficient (Wildman–Crippen LogP) is 4.31. The molecule has 3 nitrogen and oxygen atoms in total. The Hall–Kier alpha value is -0.350. The normalized spacial score (nSPS) is 28.8. The highest BCUT2D eigenvalue weighted by Crippen LogP contribution is 2.44. The summed E-state index contributed by atoms with van der Waals surface area (Å²) in [6.07, 6.45) is 5.36. The molecule has 1 saturated carbocycles. The maximum Gasteiger partial charge on any atom is 0.0766 e. The van der Waals surface area contributed by atoms with E-state index in [9.17, 15) is 0 Å². The molecule has 0 saturated heterocycles. The molecule has 0 amide bonds. The number of hydrogen-bond donors (Lipinski definition) is 1. The SMILES string of the molecule is CCc1nn(CC)c(CC2(N)CC(C)CC(C)(C)C2)c1Br. The van der Waals surface area contributed by atoms with Crippen molar-refractivity contribution in [1.29, 1.82) is 0 Å². The Balaban J connectivity index is 2.30. The highest BCUT2D eigenvalue weighted by Gasteiger charge is 2.41. The van der Waals surface area contributed by atoms with E-state index in [1.54, 1.807) is 0 Å². The fourth-order valence-electron chi connectivity index (χ4n) is 4.46. The van der Waals surface area contributed by atoms with Gasteiger partial charge in [-0.25, -0.2) is 0 Å². The Morgan fingerprint density at radius 3 is 2.52 bits per heavy atom. The smallest absolute Gasteiger partial charge is 0.0766 e. The van der Waals surface area contributed by atoms with E-state index in [-0.39, 0.29) is 5.54 Å². The van der Waals surface area contributed by atoms with Gasteiger partial charge in [-0.05, 0) is 59.9 Å². The lowest BCUT2D eigenvalue weighted by atomic mass is 9.63. The number of aromatic nitrogens is 2. The molecule has 2 rings (SSSR count). The molecule has 21 heavy (non-hydrogen) atoms. The topological polar surface area (TPSA) is 43.8 Å². The number of aryl methyl sites for hydroxylation is 2. The first-order valence-corrected chi connectivity index (χ1v) is 9.02. The predicted molar refractivity (Wildman–Crippen MR) is 92.4 cm³/mol. The van der Waals surface area contributed by atoms with Crippen molar-refractivity contribution in [1.82, 2.24) is 9.78 Å². The molecule has 1 heterocycles. The van der Waals surface area contributed by atoms with Crippen molar-refractivity contribution < 1.29 is 0 Å². The summed E-state index contributed by atoms with van der Waals surface area (Å²) in [4.78, 5) is 0. The average Bonchev–Trinajstić information content (AvgIpc) is 2.62. The molecule has 2 N–H and O–H groups in total. The molecule has 1 aromatic heterocycles. The summed E-state index contributed by atoms with van der Waals surface area (Å²) >= 11 is 3.76. The van der Waals surface area contributed by atoms with Crippen molar-refractivity contribution in [2.75, 3.05) is 0 Å². The summed E-state index contributed by atoms with van der Waals surface area (Å²) < 4.78 is 3.30. The zero-order valence-corrected chi connectivity index (χ0v) is 15.8.